The van der Waals surface area contributed by atoms with Gasteiger partial charge in [-0.2, -0.15) is 0 Å². The van der Waals surface area contributed by atoms with E-state index in [0.29, 0.717) is 6.42 Å². The maximum absolute atomic E-state index is 12.4. The highest BCUT2D eigenvalue weighted by molar-refractivity contribution is 9.10. The van der Waals surface area contributed by atoms with Crippen LogP contribution in [0.5, 0.6) is 0 Å². The zero-order chi connectivity index (χ0) is 14.8. The summed E-state index contributed by atoms with van der Waals surface area (Å²) >= 11 is 3.43. The molecule has 0 unspecified atom stereocenters. The van der Waals surface area contributed by atoms with Crippen LogP contribution in [0, 0.1) is 6.92 Å². The van der Waals surface area contributed by atoms with Gasteiger partial charge in [0.1, 0.15) is 0 Å². The van der Waals surface area contributed by atoms with Crippen molar-refractivity contribution in [2.24, 2.45) is 0 Å². The molecule has 0 aliphatic heterocycles. The van der Waals surface area contributed by atoms with E-state index in [0.717, 1.165) is 32.2 Å². The number of benzene rings is 2. The summed E-state index contributed by atoms with van der Waals surface area (Å²) in [6.07, 6.45) is 0.407. The molecule has 21 heavy (non-hydrogen) atoms. The van der Waals surface area contributed by atoms with Crippen LogP contribution in [-0.4, -0.2) is 10.8 Å². The number of fused-ring (bicyclic) bond motifs is 1. The van der Waals surface area contributed by atoms with Gasteiger partial charge in [0.2, 0.25) is 0 Å². The van der Waals surface area contributed by atoms with E-state index in [9.17, 15) is 4.79 Å². The number of nitrogens with zero attached hydrogens (tertiary/aromatic N) is 1. The molecule has 0 spiro atoms. The Kier molecular flexibility index (Phi) is 3.84. The molecule has 3 rings (SSSR count). The van der Waals surface area contributed by atoms with E-state index < -0.39 is 0 Å². The van der Waals surface area contributed by atoms with Crippen LogP contribution in [-0.2, 0) is 6.42 Å². The molecule has 3 aromatic rings. The van der Waals surface area contributed by atoms with Gasteiger partial charge in [-0.05, 0) is 48.9 Å². The van der Waals surface area contributed by atoms with Gasteiger partial charge in [0, 0.05) is 27.5 Å². The van der Waals surface area contributed by atoms with Crippen molar-refractivity contribution in [3.05, 3.63) is 75.9 Å². The molecule has 3 heteroatoms. The average Bonchev–Trinajstić information content (AvgIpc) is 2.46. The van der Waals surface area contributed by atoms with E-state index in [1.54, 1.807) is 0 Å². The molecule has 2 aromatic carbocycles. The second-order valence-corrected chi connectivity index (χ2v) is 6.01. The standard InChI is InChI=1S/C18H14BrNO/c1-12-5-6-14-11-15(7-8-17(14)20-12)18(21)10-13-3-2-4-16(19)9-13/h2-9,11H,10H2,1H3. The van der Waals surface area contributed by atoms with E-state index >= 15 is 0 Å². The van der Waals surface area contributed by atoms with Crippen LogP contribution in [0.2, 0.25) is 0 Å². The number of aryl methyl sites for hydroxylation is 1. The van der Waals surface area contributed by atoms with Gasteiger partial charge < -0.3 is 0 Å². The van der Waals surface area contributed by atoms with Crippen LogP contribution in [0.1, 0.15) is 21.6 Å². The first-order valence-corrected chi connectivity index (χ1v) is 7.56. The quantitative estimate of drug-likeness (QED) is 0.645. The van der Waals surface area contributed by atoms with Gasteiger partial charge in [-0.15, -0.1) is 0 Å². The highest BCUT2D eigenvalue weighted by Crippen LogP contribution is 2.18. The van der Waals surface area contributed by atoms with Crippen molar-refractivity contribution in [1.82, 2.24) is 4.98 Å². The largest absolute Gasteiger partial charge is 0.294 e. The maximum Gasteiger partial charge on any atom is 0.167 e. The van der Waals surface area contributed by atoms with Crippen molar-refractivity contribution >= 4 is 32.6 Å². The SMILES string of the molecule is Cc1ccc2cc(C(=O)Cc3cccc(Br)c3)ccc2n1. The third-order valence-corrected chi connectivity index (χ3v) is 3.90. The minimum Gasteiger partial charge on any atom is -0.294 e. The molecule has 1 aromatic heterocycles. The fourth-order valence-electron chi connectivity index (χ4n) is 2.34. The summed E-state index contributed by atoms with van der Waals surface area (Å²) in [5.41, 5.74) is 3.65. The molecule has 0 aliphatic rings. The fourth-order valence-corrected chi connectivity index (χ4v) is 2.78. The Morgan fingerprint density at radius 2 is 1.95 bits per heavy atom. The van der Waals surface area contributed by atoms with Gasteiger partial charge in [0.05, 0.1) is 5.52 Å². The molecule has 1 heterocycles. The minimum atomic E-state index is 0.121. The van der Waals surface area contributed by atoms with Crippen molar-refractivity contribution in [2.75, 3.05) is 0 Å². The molecular formula is C18H14BrNO. The first kappa shape index (κ1) is 14.0. The lowest BCUT2D eigenvalue weighted by Crippen LogP contribution is -2.03. The van der Waals surface area contributed by atoms with E-state index in [2.05, 4.69) is 20.9 Å². The summed E-state index contributed by atoms with van der Waals surface area (Å²) in [5.74, 6) is 0.121. The lowest BCUT2D eigenvalue weighted by Gasteiger charge is -2.04. The number of pyridine rings is 1. The Balaban J connectivity index is 1.89. The molecule has 0 fully saturated rings. The van der Waals surface area contributed by atoms with E-state index in [1.165, 1.54) is 0 Å². The predicted molar refractivity (Wildman–Crippen MR) is 88.7 cm³/mol. The van der Waals surface area contributed by atoms with Crippen LogP contribution >= 0.6 is 15.9 Å². The van der Waals surface area contributed by atoms with Crippen LogP contribution in [0.4, 0.5) is 0 Å². The molecule has 0 saturated carbocycles. The third kappa shape index (κ3) is 3.19. The second kappa shape index (κ2) is 5.78. The molecule has 0 amide bonds. The van der Waals surface area contributed by atoms with Gasteiger partial charge in [-0.1, -0.05) is 34.1 Å². The van der Waals surface area contributed by atoms with Gasteiger partial charge in [-0.25, -0.2) is 0 Å². The van der Waals surface area contributed by atoms with E-state index in [1.807, 2.05) is 61.5 Å². The zero-order valence-electron chi connectivity index (χ0n) is 11.6. The first-order valence-electron chi connectivity index (χ1n) is 6.77. The van der Waals surface area contributed by atoms with Crippen molar-refractivity contribution in [2.45, 2.75) is 13.3 Å². The number of hydrogen-bond acceptors (Lipinski definition) is 2. The fraction of sp³-hybridized carbons (Fsp3) is 0.111. The monoisotopic (exact) mass is 339 g/mol. The van der Waals surface area contributed by atoms with Crippen molar-refractivity contribution in [3.63, 3.8) is 0 Å². The molecule has 0 aliphatic carbocycles. The van der Waals surface area contributed by atoms with Crippen LogP contribution in [0.25, 0.3) is 10.9 Å². The van der Waals surface area contributed by atoms with E-state index in [4.69, 9.17) is 0 Å². The number of carbonyl (C=O) groups excluding carboxylic acids is 1. The molecule has 0 saturated heterocycles. The summed E-state index contributed by atoms with van der Waals surface area (Å²) in [5, 5.41) is 1.00. The average molecular weight is 340 g/mol. The van der Waals surface area contributed by atoms with Crippen molar-refractivity contribution < 1.29 is 4.79 Å². The Morgan fingerprint density at radius 3 is 2.76 bits per heavy atom. The van der Waals surface area contributed by atoms with Crippen LogP contribution in [0.3, 0.4) is 0 Å². The predicted octanol–water partition coefficient (Wildman–Crippen LogP) is 4.73. The summed E-state index contributed by atoms with van der Waals surface area (Å²) in [6.45, 7) is 1.96. The first-order chi connectivity index (χ1) is 10.1. The summed E-state index contributed by atoms with van der Waals surface area (Å²) in [4.78, 5) is 16.9. The molecule has 0 bridgehead atoms. The Labute approximate surface area is 132 Å². The van der Waals surface area contributed by atoms with Gasteiger partial charge in [0.15, 0.2) is 5.78 Å². The highest BCUT2D eigenvalue weighted by atomic mass is 79.9. The van der Waals surface area contributed by atoms with Gasteiger partial charge in [-0.3, -0.25) is 9.78 Å². The minimum absolute atomic E-state index is 0.121. The van der Waals surface area contributed by atoms with Gasteiger partial charge >= 0.3 is 0 Å². The smallest absolute Gasteiger partial charge is 0.167 e. The highest BCUT2D eigenvalue weighted by Gasteiger charge is 2.08. The molecular weight excluding hydrogens is 326 g/mol. The Morgan fingerprint density at radius 1 is 1.10 bits per heavy atom. The van der Waals surface area contributed by atoms with E-state index in [-0.39, 0.29) is 5.78 Å². The maximum atomic E-state index is 12.4. The summed E-state index contributed by atoms with van der Waals surface area (Å²) in [6, 6.07) is 17.5. The number of rotatable bonds is 3. The summed E-state index contributed by atoms with van der Waals surface area (Å²) in [7, 11) is 0. The second-order valence-electron chi connectivity index (χ2n) is 5.09. The Hall–Kier alpha value is -2.00. The van der Waals surface area contributed by atoms with Gasteiger partial charge in [0.25, 0.3) is 0 Å². The number of ketones is 1. The summed E-state index contributed by atoms with van der Waals surface area (Å²) < 4.78 is 0.992. The number of Topliss-reactive ketones (excluding diaryl/α,β-unsaturated/α-hetero) is 1. The number of halogens is 1. The normalized spacial score (nSPS) is 10.8. The Bertz CT molecular complexity index is 826. The number of carbonyl (C=O) groups is 1. The van der Waals surface area contributed by atoms with Crippen molar-refractivity contribution in [3.8, 4) is 0 Å². The molecule has 2 nitrogen and oxygen atoms in total. The third-order valence-electron chi connectivity index (χ3n) is 3.40. The lowest BCUT2D eigenvalue weighted by atomic mass is 10.0. The number of aromatic nitrogens is 1. The topological polar surface area (TPSA) is 30.0 Å². The molecule has 0 atom stereocenters. The van der Waals surface area contributed by atoms with Crippen molar-refractivity contribution in [1.29, 1.82) is 0 Å². The molecule has 0 radical (unpaired) electrons. The molecule has 104 valence electrons. The lowest BCUT2D eigenvalue weighted by molar-refractivity contribution is 0.0993. The van der Waals surface area contributed by atoms with Crippen LogP contribution < -0.4 is 0 Å². The van der Waals surface area contributed by atoms with Crippen LogP contribution in [0.15, 0.2) is 59.1 Å². The zero-order valence-corrected chi connectivity index (χ0v) is 13.2. The number of hydrogen-bond donors (Lipinski definition) is 0. The molecule has 0 N–H and O–H groups in total.